The van der Waals surface area contributed by atoms with E-state index >= 15 is 0 Å². The van der Waals surface area contributed by atoms with Gasteiger partial charge in [-0.25, -0.2) is 9.69 Å². The molecule has 1 N–H and O–H groups in total. The van der Waals surface area contributed by atoms with Crippen LogP contribution in [0.5, 0.6) is 11.5 Å². The van der Waals surface area contributed by atoms with E-state index < -0.39 is 30.3 Å². The first-order valence-corrected chi connectivity index (χ1v) is 10.4. The molecule has 1 aliphatic heterocycles. The summed E-state index contributed by atoms with van der Waals surface area (Å²) in [7, 11) is 0. The topological polar surface area (TPSA) is 96.0 Å². The summed E-state index contributed by atoms with van der Waals surface area (Å²) < 4.78 is 5.81. The lowest BCUT2D eigenvalue weighted by Gasteiger charge is -2.28. The Morgan fingerprint density at radius 3 is 2.32 bits per heavy atom. The van der Waals surface area contributed by atoms with Gasteiger partial charge >= 0.3 is 17.8 Å². The molecule has 1 saturated carbocycles. The van der Waals surface area contributed by atoms with Crippen molar-refractivity contribution in [2.45, 2.75) is 38.1 Å². The maximum absolute atomic E-state index is 12.7. The highest BCUT2D eigenvalue weighted by molar-refractivity contribution is 6.45. The van der Waals surface area contributed by atoms with Crippen LogP contribution in [0.25, 0.3) is 0 Å². The van der Waals surface area contributed by atoms with E-state index in [0.29, 0.717) is 34.9 Å². The van der Waals surface area contributed by atoms with Crippen molar-refractivity contribution in [3.8, 4) is 11.5 Å². The third-order valence-corrected chi connectivity index (χ3v) is 5.46. The fourth-order valence-electron chi connectivity index (χ4n) is 3.93. The van der Waals surface area contributed by atoms with Crippen molar-refractivity contribution in [1.82, 2.24) is 9.80 Å². The van der Waals surface area contributed by atoms with Crippen molar-refractivity contribution < 1.29 is 23.9 Å². The molecule has 31 heavy (non-hydrogen) atoms. The van der Waals surface area contributed by atoms with Crippen LogP contribution >= 0.6 is 0 Å². The van der Waals surface area contributed by atoms with Gasteiger partial charge in [-0.1, -0.05) is 49.6 Å². The summed E-state index contributed by atoms with van der Waals surface area (Å²) in [5.74, 6) is -1.38. The number of ether oxygens (including phenoxy) is 1. The quantitative estimate of drug-likeness (QED) is 0.569. The SMILES string of the molecule is O=C(CN1C(=O)C(=O)N(C2CCCCC2)C1=O)Nc1ccccc1Oc1ccccc1. The number of urea groups is 1. The first kappa shape index (κ1) is 20.6. The zero-order valence-electron chi connectivity index (χ0n) is 17.0. The van der Waals surface area contributed by atoms with Gasteiger partial charge in [-0.2, -0.15) is 0 Å². The van der Waals surface area contributed by atoms with Gasteiger partial charge in [0.05, 0.1) is 5.69 Å². The number of imide groups is 2. The van der Waals surface area contributed by atoms with E-state index in [0.717, 1.165) is 24.2 Å². The Labute approximate surface area is 179 Å². The summed E-state index contributed by atoms with van der Waals surface area (Å²) in [6.07, 6.45) is 4.25. The van der Waals surface area contributed by atoms with E-state index in [2.05, 4.69) is 5.32 Å². The van der Waals surface area contributed by atoms with Crippen LogP contribution in [0.15, 0.2) is 54.6 Å². The lowest BCUT2D eigenvalue weighted by molar-refractivity contribution is -0.144. The number of hydrogen-bond acceptors (Lipinski definition) is 5. The molecule has 1 aliphatic carbocycles. The summed E-state index contributed by atoms with van der Waals surface area (Å²) in [6.45, 7) is -0.535. The highest BCUT2D eigenvalue weighted by Crippen LogP contribution is 2.30. The van der Waals surface area contributed by atoms with Crippen molar-refractivity contribution in [2.24, 2.45) is 0 Å². The van der Waals surface area contributed by atoms with Crippen molar-refractivity contribution >= 4 is 29.4 Å². The third-order valence-electron chi connectivity index (χ3n) is 5.46. The van der Waals surface area contributed by atoms with Crippen LogP contribution in [0.2, 0.25) is 0 Å². The predicted octanol–water partition coefficient (Wildman–Crippen LogP) is 3.54. The van der Waals surface area contributed by atoms with Gasteiger partial charge in [-0.15, -0.1) is 0 Å². The molecule has 4 rings (SSSR count). The van der Waals surface area contributed by atoms with Gasteiger partial charge in [0.2, 0.25) is 5.91 Å². The van der Waals surface area contributed by atoms with Gasteiger partial charge in [0.15, 0.2) is 5.75 Å². The molecule has 2 aromatic rings. The van der Waals surface area contributed by atoms with Gasteiger partial charge in [-0.05, 0) is 37.1 Å². The number of rotatable bonds is 6. The summed E-state index contributed by atoms with van der Waals surface area (Å²) >= 11 is 0. The minimum atomic E-state index is -0.959. The van der Waals surface area contributed by atoms with Crippen LogP contribution in [0.4, 0.5) is 10.5 Å². The van der Waals surface area contributed by atoms with Crippen molar-refractivity contribution in [1.29, 1.82) is 0 Å². The standard InChI is InChI=1S/C23H23N3O5/c27-20(24-18-13-7-8-14-19(18)31-17-11-5-2-6-12-17)15-25-21(28)22(29)26(23(25)30)16-9-3-1-4-10-16/h2,5-8,11-14,16H,1,3-4,9-10,15H2,(H,24,27). The summed E-state index contributed by atoms with van der Waals surface area (Å²) in [4.78, 5) is 51.8. The summed E-state index contributed by atoms with van der Waals surface area (Å²) in [5, 5.41) is 2.67. The molecule has 0 unspecified atom stereocenters. The monoisotopic (exact) mass is 421 g/mol. The molecule has 0 bridgehead atoms. The number of hydrogen-bond donors (Lipinski definition) is 1. The van der Waals surface area contributed by atoms with Gasteiger partial charge in [-0.3, -0.25) is 19.3 Å². The largest absolute Gasteiger partial charge is 0.455 e. The fourth-order valence-corrected chi connectivity index (χ4v) is 3.93. The molecule has 1 heterocycles. The van der Waals surface area contributed by atoms with E-state index in [-0.39, 0.29) is 6.04 Å². The first-order chi connectivity index (χ1) is 15.0. The van der Waals surface area contributed by atoms with E-state index in [9.17, 15) is 19.2 Å². The first-order valence-electron chi connectivity index (χ1n) is 10.4. The van der Waals surface area contributed by atoms with Crippen LogP contribution in [0.1, 0.15) is 32.1 Å². The second kappa shape index (κ2) is 8.99. The second-order valence-electron chi connectivity index (χ2n) is 7.60. The van der Waals surface area contributed by atoms with E-state index in [1.54, 1.807) is 36.4 Å². The summed E-state index contributed by atoms with van der Waals surface area (Å²) in [6, 6.07) is 14.9. The highest BCUT2D eigenvalue weighted by Gasteiger charge is 2.48. The van der Waals surface area contributed by atoms with Gasteiger partial charge in [0, 0.05) is 6.04 Å². The number of carbonyl (C=O) groups excluding carboxylic acids is 4. The van der Waals surface area contributed by atoms with E-state index in [4.69, 9.17) is 4.74 Å². The zero-order valence-corrected chi connectivity index (χ0v) is 17.0. The van der Waals surface area contributed by atoms with Crippen LogP contribution in [-0.2, 0) is 14.4 Å². The average Bonchev–Trinajstić information content (AvgIpc) is 2.99. The number of para-hydroxylation sites is 3. The Bertz CT molecular complexity index is 1000. The van der Waals surface area contributed by atoms with Gasteiger partial charge in [0.25, 0.3) is 0 Å². The Balaban J connectivity index is 1.44. The molecule has 0 spiro atoms. The van der Waals surface area contributed by atoms with Crippen LogP contribution in [0, 0.1) is 0 Å². The fraction of sp³-hybridized carbons (Fsp3) is 0.304. The normalized spacial score (nSPS) is 17.2. The van der Waals surface area contributed by atoms with Gasteiger partial charge in [0.1, 0.15) is 12.3 Å². The highest BCUT2D eigenvalue weighted by atomic mass is 16.5. The third kappa shape index (κ3) is 4.42. The zero-order chi connectivity index (χ0) is 21.8. The van der Waals surface area contributed by atoms with Crippen molar-refractivity contribution in [3.63, 3.8) is 0 Å². The molecular formula is C23H23N3O5. The smallest absolute Gasteiger partial charge is 0.334 e. The Morgan fingerprint density at radius 2 is 1.58 bits per heavy atom. The number of nitrogens with zero attached hydrogens (tertiary/aromatic N) is 2. The van der Waals surface area contributed by atoms with E-state index in [1.165, 1.54) is 0 Å². The Kier molecular flexibility index (Phi) is 5.97. The average molecular weight is 421 g/mol. The maximum atomic E-state index is 12.7. The number of benzene rings is 2. The molecular weight excluding hydrogens is 398 g/mol. The molecule has 2 aliphatic rings. The molecule has 8 heteroatoms. The molecule has 2 aromatic carbocycles. The van der Waals surface area contributed by atoms with Crippen molar-refractivity contribution in [3.05, 3.63) is 54.6 Å². The maximum Gasteiger partial charge on any atom is 0.334 e. The molecule has 0 aromatic heterocycles. The van der Waals surface area contributed by atoms with Crippen LogP contribution < -0.4 is 10.1 Å². The predicted molar refractivity (Wildman–Crippen MR) is 112 cm³/mol. The molecule has 1 saturated heterocycles. The summed E-state index contributed by atoms with van der Waals surface area (Å²) in [5.41, 5.74) is 0.394. The number of nitrogens with one attached hydrogen (secondary N) is 1. The number of anilines is 1. The van der Waals surface area contributed by atoms with Crippen LogP contribution in [0.3, 0.4) is 0 Å². The minimum absolute atomic E-state index is 0.272. The molecule has 160 valence electrons. The second-order valence-corrected chi connectivity index (χ2v) is 7.60. The lowest BCUT2D eigenvalue weighted by Crippen LogP contribution is -2.43. The Morgan fingerprint density at radius 1 is 0.903 bits per heavy atom. The minimum Gasteiger partial charge on any atom is -0.455 e. The number of carbonyl (C=O) groups is 4. The number of amides is 5. The van der Waals surface area contributed by atoms with Gasteiger partial charge < -0.3 is 10.1 Å². The van der Waals surface area contributed by atoms with Crippen molar-refractivity contribution in [2.75, 3.05) is 11.9 Å². The lowest BCUT2D eigenvalue weighted by atomic mass is 9.94. The molecule has 0 radical (unpaired) electrons. The van der Waals surface area contributed by atoms with E-state index in [1.807, 2.05) is 18.2 Å². The Hall–Kier alpha value is -3.68. The van der Waals surface area contributed by atoms with Crippen LogP contribution in [-0.4, -0.2) is 46.1 Å². The molecule has 0 atom stereocenters. The molecule has 8 nitrogen and oxygen atoms in total. The molecule has 2 fully saturated rings. The molecule has 5 amide bonds.